The summed E-state index contributed by atoms with van der Waals surface area (Å²) in [6, 6.07) is 5.06. The topological polar surface area (TPSA) is 41.6 Å². The number of halogens is 2. The van der Waals surface area contributed by atoms with Crippen LogP contribution in [-0.2, 0) is 12.2 Å². The van der Waals surface area contributed by atoms with E-state index in [2.05, 4.69) is 31.1 Å². The van der Waals surface area contributed by atoms with Gasteiger partial charge in [0.25, 0.3) is 0 Å². The van der Waals surface area contributed by atoms with Crippen molar-refractivity contribution in [2.24, 2.45) is 0 Å². The van der Waals surface area contributed by atoms with Crippen LogP contribution in [0.15, 0.2) is 27.8 Å². The van der Waals surface area contributed by atoms with Crippen molar-refractivity contribution < 1.29 is 4.39 Å². The smallest absolute Gasteiger partial charge is 0.208 e. The second-order valence-corrected chi connectivity index (χ2v) is 5.30. The van der Waals surface area contributed by atoms with Crippen molar-refractivity contribution in [1.82, 2.24) is 15.2 Å². The first-order valence-electron chi connectivity index (χ1n) is 5.17. The number of benzene rings is 1. The van der Waals surface area contributed by atoms with Crippen LogP contribution in [0, 0.1) is 5.82 Å². The van der Waals surface area contributed by atoms with Crippen molar-refractivity contribution in [3.05, 3.63) is 39.9 Å². The number of nitrogens with one attached hydrogen (secondary N) is 1. The lowest BCUT2D eigenvalue weighted by molar-refractivity contribution is 0.616. The Labute approximate surface area is 111 Å². The molecule has 0 atom stereocenters. The largest absolute Gasteiger partial charge is 0.262 e. The van der Waals surface area contributed by atoms with Crippen LogP contribution in [0.3, 0.4) is 0 Å². The summed E-state index contributed by atoms with van der Waals surface area (Å²) in [6.45, 7) is 2.00. The van der Waals surface area contributed by atoms with Crippen molar-refractivity contribution in [1.29, 1.82) is 0 Å². The highest BCUT2D eigenvalue weighted by atomic mass is 79.9. The van der Waals surface area contributed by atoms with E-state index in [1.807, 2.05) is 13.0 Å². The molecule has 90 valence electrons. The zero-order chi connectivity index (χ0) is 12.3. The molecule has 0 aliphatic heterocycles. The number of thioether (sulfide) groups is 1. The van der Waals surface area contributed by atoms with Crippen molar-refractivity contribution in [3.8, 4) is 0 Å². The van der Waals surface area contributed by atoms with Crippen LogP contribution in [0.4, 0.5) is 4.39 Å². The first-order chi connectivity index (χ1) is 8.19. The molecular formula is C11H11BrFN3S. The van der Waals surface area contributed by atoms with E-state index in [4.69, 9.17) is 0 Å². The van der Waals surface area contributed by atoms with Gasteiger partial charge in [0.2, 0.25) is 5.16 Å². The Morgan fingerprint density at radius 3 is 2.94 bits per heavy atom. The second kappa shape index (κ2) is 5.64. The van der Waals surface area contributed by atoms with Gasteiger partial charge in [-0.15, -0.1) is 5.10 Å². The van der Waals surface area contributed by atoms with Crippen molar-refractivity contribution >= 4 is 27.7 Å². The van der Waals surface area contributed by atoms with Crippen LogP contribution in [0.1, 0.15) is 18.3 Å². The zero-order valence-corrected chi connectivity index (χ0v) is 11.6. The molecule has 0 radical (unpaired) electrons. The van der Waals surface area contributed by atoms with E-state index in [1.54, 1.807) is 6.07 Å². The van der Waals surface area contributed by atoms with Crippen LogP contribution >= 0.6 is 27.7 Å². The molecule has 0 unspecified atom stereocenters. The molecule has 0 amide bonds. The maximum Gasteiger partial charge on any atom is 0.208 e. The van der Waals surface area contributed by atoms with Gasteiger partial charge in [-0.1, -0.05) is 40.7 Å². The average Bonchev–Trinajstić information content (AvgIpc) is 2.76. The lowest BCUT2D eigenvalue weighted by Crippen LogP contribution is -1.88. The average molecular weight is 316 g/mol. The molecule has 0 aliphatic carbocycles. The highest BCUT2D eigenvalue weighted by Crippen LogP contribution is 2.23. The van der Waals surface area contributed by atoms with Crippen LogP contribution in [-0.4, -0.2) is 15.2 Å². The summed E-state index contributed by atoms with van der Waals surface area (Å²) in [6.07, 6.45) is 0.820. The van der Waals surface area contributed by atoms with Gasteiger partial charge in [0.1, 0.15) is 11.6 Å². The van der Waals surface area contributed by atoms with Crippen LogP contribution in [0.25, 0.3) is 0 Å². The number of rotatable bonds is 4. The minimum absolute atomic E-state index is 0.210. The Morgan fingerprint density at radius 2 is 2.29 bits per heavy atom. The predicted molar refractivity (Wildman–Crippen MR) is 69.4 cm³/mol. The molecule has 0 fully saturated rings. The molecule has 17 heavy (non-hydrogen) atoms. The van der Waals surface area contributed by atoms with E-state index >= 15 is 0 Å². The fraction of sp³-hybridized carbons (Fsp3) is 0.273. The van der Waals surface area contributed by atoms with E-state index in [0.29, 0.717) is 16.5 Å². The molecule has 2 aromatic rings. The monoisotopic (exact) mass is 315 g/mol. The summed E-state index contributed by atoms with van der Waals surface area (Å²) >= 11 is 4.65. The fourth-order valence-electron chi connectivity index (χ4n) is 1.28. The molecule has 0 saturated heterocycles. The number of aromatic nitrogens is 3. The molecule has 6 heteroatoms. The first-order valence-corrected chi connectivity index (χ1v) is 6.95. The standard InChI is InChI=1S/C11H11BrFN3S/c1-2-10-14-11(16-15-10)17-6-7-3-4-8(12)5-9(7)13/h3-5H,2,6H2,1H3,(H,14,15,16). The lowest BCUT2D eigenvalue weighted by Gasteiger charge is -2.01. The van der Waals surface area contributed by atoms with Crippen LogP contribution < -0.4 is 0 Å². The third-order valence-electron chi connectivity index (χ3n) is 2.22. The number of H-pyrrole nitrogens is 1. The van der Waals surface area contributed by atoms with Gasteiger partial charge in [-0.05, 0) is 17.7 Å². The molecule has 0 spiro atoms. The van der Waals surface area contributed by atoms with Gasteiger partial charge in [0, 0.05) is 16.6 Å². The summed E-state index contributed by atoms with van der Waals surface area (Å²) in [7, 11) is 0. The van der Waals surface area contributed by atoms with Gasteiger partial charge in [-0.2, -0.15) is 0 Å². The Morgan fingerprint density at radius 1 is 1.47 bits per heavy atom. The Kier molecular flexibility index (Phi) is 4.17. The minimum atomic E-state index is -0.210. The highest BCUT2D eigenvalue weighted by molar-refractivity contribution is 9.10. The van der Waals surface area contributed by atoms with Gasteiger partial charge in [-0.3, -0.25) is 5.10 Å². The van der Waals surface area contributed by atoms with Gasteiger partial charge < -0.3 is 0 Å². The van der Waals surface area contributed by atoms with Crippen molar-refractivity contribution in [2.45, 2.75) is 24.3 Å². The summed E-state index contributed by atoms with van der Waals surface area (Å²) < 4.78 is 14.3. The molecule has 0 bridgehead atoms. The van der Waals surface area contributed by atoms with Gasteiger partial charge in [0.05, 0.1) is 0 Å². The predicted octanol–water partition coefficient (Wildman–Crippen LogP) is 3.56. The molecule has 1 N–H and O–H groups in total. The van der Waals surface area contributed by atoms with Crippen LogP contribution in [0.2, 0.25) is 0 Å². The van der Waals surface area contributed by atoms with E-state index in [-0.39, 0.29) is 5.82 Å². The molecular weight excluding hydrogens is 305 g/mol. The molecule has 2 rings (SSSR count). The summed E-state index contributed by atoms with van der Waals surface area (Å²) in [4.78, 5) is 4.26. The number of aryl methyl sites for hydroxylation is 1. The number of aromatic amines is 1. The Bertz CT molecular complexity index is 515. The summed E-state index contributed by atoms with van der Waals surface area (Å²) in [5.41, 5.74) is 0.654. The molecule has 0 saturated carbocycles. The third kappa shape index (κ3) is 3.29. The second-order valence-electron chi connectivity index (χ2n) is 3.44. The number of nitrogens with zero attached hydrogens (tertiary/aromatic N) is 2. The Balaban J connectivity index is 2.02. The van der Waals surface area contributed by atoms with Crippen molar-refractivity contribution in [2.75, 3.05) is 0 Å². The van der Waals surface area contributed by atoms with Gasteiger partial charge in [-0.25, -0.2) is 9.37 Å². The molecule has 1 heterocycles. The van der Waals surface area contributed by atoms with E-state index in [0.717, 1.165) is 16.7 Å². The quantitative estimate of drug-likeness (QED) is 0.877. The molecule has 3 nitrogen and oxygen atoms in total. The molecule has 0 aliphatic rings. The van der Waals surface area contributed by atoms with Gasteiger partial charge in [0.15, 0.2) is 0 Å². The SMILES string of the molecule is CCc1nc(SCc2ccc(Br)cc2F)n[nH]1. The van der Waals surface area contributed by atoms with Crippen LogP contribution in [0.5, 0.6) is 0 Å². The summed E-state index contributed by atoms with van der Waals surface area (Å²) in [5.74, 6) is 1.17. The van der Waals surface area contributed by atoms with Crippen molar-refractivity contribution in [3.63, 3.8) is 0 Å². The number of hydrogen-bond acceptors (Lipinski definition) is 3. The number of hydrogen-bond donors (Lipinski definition) is 1. The maximum absolute atomic E-state index is 13.5. The van der Waals surface area contributed by atoms with E-state index in [1.165, 1.54) is 17.8 Å². The van der Waals surface area contributed by atoms with Gasteiger partial charge >= 0.3 is 0 Å². The molecule has 1 aromatic carbocycles. The van der Waals surface area contributed by atoms with E-state index < -0.39 is 0 Å². The zero-order valence-electron chi connectivity index (χ0n) is 9.20. The first kappa shape index (κ1) is 12.6. The summed E-state index contributed by atoms with van der Waals surface area (Å²) in [5, 5.41) is 7.53. The third-order valence-corrected chi connectivity index (χ3v) is 3.61. The minimum Gasteiger partial charge on any atom is -0.262 e. The highest BCUT2D eigenvalue weighted by Gasteiger charge is 2.06. The lowest BCUT2D eigenvalue weighted by atomic mass is 10.2. The maximum atomic E-state index is 13.5. The Hall–Kier alpha value is -0.880. The molecule has 1 aromatic heterocycles. The fourth-order valence-corrected chi connectivity index (χ4v) is 2.42. The van der Waals surface area contributed by atoms with E-state index in [9.17, 15) is 4.39 Å². The normalized spacial score (nSPS) is 10.8.